The van der Waals surface area contributed by atoms with Gasteiger partial charge in [0.05, 0.1) is 11.4 Å². The minimum absolute atomic E-state index is 0.961. The number of hydrogen-bond acceptors (Lipinski definition) is 7. The number of hydrogen-bond donors (Lipinski definition) is 0. The lowest BCUT2D eigenvalue weighted by molar-refractivity contribution is 0.980. The minimum Gasteiger partial charge on any atom is -0.264 e. The van der Waals surface area contributed by atoms with E-state index in [1.807, 2.05) is 58.2 Å². The van der Waals surface area contributed by atoms with Crippen LogP contribution in [0.2, 0.25) is 0 Å². The summed E-state index contributed by atoms with van der Waals surface area (Å²) in [6.45, 7) is 7.80. The molecule has 4 aromatic heterocycles. The van der Waals surface area contributed by atoms with E-state index in [0.717, 1.165) is 17.0 Å². The molecule has 0 fully saturated rings. The fraction of sp³-hybridized carbons (Fsp3) is 0.190. The van der Waals surface area contributed by atoms with Crippen LogP contribution >= 0.6 is 0 Å². The molecular formula is C21H25N7. The maximum atomic E-state index is 3.92. The highest BCUT2D eigenvalue weighted by atomic mass is 15.1. The molecule has 0 aromatic carbocycles. The van der Waals surface area contributed by atoms with Crippen LogP contribution in [0, 0.1) is 27.7 Å². The maximum absolute atomic E-state index is 3.92. The highest BCUT2D eigenvalue weighted by Crippen LogP contribution is 1.88. The van der Waals surface area contributed by atoms with Crippen LogP contribution in [0.1, 0.15) is 22.5 Å². The van der Waals surface area contributed by atoms with Crippen molar-refractivity contribution in [1.29, 1.82) is 0 Å². The summed E-state index contributed by atoms with van der Waals surface area (Å²) in [5.41, 5.74) is 4.23. The Bertz CT molecular complexity index is 693. The van der Waals surface area contributed by atoms with E-state index in [1.54, 1.807) is 43.4 Å². The highest BCUT2D eigenvalue weighted by Gasteiger charge is 1.76. The molecule has 28 heavy (non-hydrogen) atoms. The molecular weight excluding hydrogens is 350 g/mol. The molecule has 0 spiro atoms. The van der Waals surface area contributed by atoms with E-state index in [0.29, 0.717) is 0 Å². The average Bonchev–Trinajstić information content (AvgIpc) is 2.72. The zero-order valence-corrected chi connectivity index (χ0v) is 16.6. The summed E-state index contributed by atoms with van der Waals surface area (Å²) in [6.07, 6.45) is 15.4. The Morgan fingerprint density at radius 3 is 1.54 bits per heavy atom. The zero-order valence-electron chi connectivity index (χ0n) is 16.6. The van der Waals surface area contributed by atoms with E-state index < -0.39 is 0 Å². The Morgan fingerprint density at radius 2 is 1.25 bits per heavy atom. The van der Waals surface area contributed by atoms with Gasteiger partial charge in [0.25, 0.3) is 0 Å². The van der Waals surface area contributed by atoms with Gasteiger partial charge in [0.15, 0.2) is 0 Å². The topological polar surface area (TPSA) is 90.2 Å². The summed E-state index contributed by atoms with van der Waals surface area (Å²) in [6, 6.07) is 7.72. The Labute approximate surface area is 166 Å². The molecule has 0 radical (unpaired) electrons. The second-order valence-electron chi connectivity index (χ2n) is 5.66. The van der Waals surface area contributed by atoms with E-state index in [-0.39, 0.29) is 0 Å². The van der Waals surface area contributed by atoms with Crippen molar-refractivity contribution in [2.45, 2.75) is 27.7 Å². The van der Waals surface area contributed by atoms with Crippen LogP contribution in [0.3, 0.4) is 0 Å². The Hall–Kier alpha value is -3.61. The summed E-state index contributed by atoms with van der Waals surface area (Å²) < 4.78 is 0. The number of nitrogens with zero attached hydrogens (tertiary/aromatic N) is 7. The largest absolute Gasteiger partial charge is 0.264 e. The molecule has 0 amide bonds. The summed E-state index contributed by atoms with van der Waals surface area (Å²) >= 11 is 0. The van der Waals surface area contributed by atoms with Gasteiger partial charge in [-0.25, -0.2) is 9.97 Å². The first-order valence-electron chi connectivity index (χ1n) is 8.63. The van der Waals surface area contributed by atoms with E-state index in [4.69, 9.17) is 0 Å². The van der Waals surface area contributed by atoms with E-state index in [9.17, 15) is 0 Å². The van der Waals surface area contributed by atoms with Crippen molar-refractivity contribution in [2.75, 3.05) is 0 Å². The van der Waals surface area contributed by atoms with E-state index in [2.05, 4.69) is 35.1 Å². The summed E-state index contributed by atoms with van der Waals surface area (Å²) in [7, 11) is 0. The van der Waals surface area contributed by atoms with Gasteiger partial charge in [0.1, 0.15) is 6.33 Å². The van der Waals surface area contributed by atoms with Crippen LogP contribution in [-0.2, 0) is 0 Å². The standard InChI is InChI=1S/C6H7N.3C5H6N2/c1-6-3-2-4-7-5-6;1-5-2-6-4-7-3-5;1-5-4-6-2-3-7-5;1-5-3-2-4-6-7-5/h2-5H,1H3;3*2-4H,1H3. The van der Waals surface area contributed by atoms with Crippen molar-refractivity contribution < 1.29 is 0 Å². The second-order valence-corrected chi connectivity index (χ2v) is 5.66. The molecule has 0 atom stereocenters. The fourth-order valence-corrected chi connectivity index (χ4v) is 1.57. The molecule has 4 heterocycles. The molecule has 0 saturated carbocycles. The van der Waals surface area contributed by atoms with Crippen LogP contribution in [0.4, 0.5) is 0 Å². The van der Waals surface area contributed by atoms with E-state index >= 15 is 0 Å². The van der Waals surface area contributed by atoms with Crippen molar-refractivity contribution in [3.63, 3.8) is 0 Å². The van der Waals surface area contributed by atoms with Gasteiger partial charge in [-0.3, -0.25) is 15.0 Å². The number of aryl methyl sites for hydroxylation is 4. The van der Waals surface area contributed by atoms with Crippen molar-refractivity contribution in [3.8, 4) is 0 Å². The van der Waals surface area contributed by atoms with E-state index in [1.165, 1.54) is 11.9 Å². The third-order valence-corrected chi connectivity index (χ3v) is 2.90. The Kier molecular flexibility index (Phi) is 11.7. The van der Waals surface area contributed by atoms with Gasteiger partial charge in [-0.2, -0.15) is 10.2 Å². The molecule has 0 unspecified atom stereocenters. The first-order valence-corrected chi connectivity index (χ1v) is 8.63. The van der Waals surface area contributed by atoms with Gasteiger partial charge >= 0.3 is 0 Å². The maximum Gasteiger partial charge on any atom is 0.115 e. The molecule has 0 N–H and O–H groups in total. The van der Waals surface area contributed by atoms with Gasteiger partial charge in [-0.05, 0) is 57.0 Å². The predicted molar refractivity (Wildman–Crippen MR) is 109 cm³/mol. The van der Waals surface area contributed by atoms with Crippen LogP contribution in [0.15, 0.2) is 80.2 Å². The molecule has 7 heteroatoms. The predicted octanol–water partition coefficient (Wildman–Crippen LogP) is 3.75. The van der Waals surface area contributed by atoms with Crippen molar-refractivity contribution in [2.24, 2.45) is 0 Å². The minimum atomic E-state index is 0.961. The summed E-state index contributed by atoms with van der Waals surface area (Å²) in [5.74, 6) is 0. The molecule has 0 bridgehead atoms. The average molecular weight is 375 g/mol. The first-order chi connectivity index (χ1) is 13.6. The zero-order chi connectivity index (χ0) is 20.5. The second kappa shape index (κ2) is 14.5. The molecule has 7 nitrogen and oxygen atoms in total. The van der Waals surface area contributed by atoms with Crippen molar-refractivity contribution in [1.82, 2.24) is 35.1 Å². The van der Waals surface area contributed by atoms with Gasteiger partial charge in [-0.15, -0.1) is 0 Å². The third kappa shape index (κ3) is 12.7. The summed E-state index contributed by atoms with van der Waals surface area (Å²) in [5, 5.41) is 7.36. The number of aromatic nitrogens is 7. The van der Waals surface area contributed by atoms with Crippen molar-refractivity contribution >= 4 is 0 Å². The van der Waals surface area contributed by atoms with Gasteiger partial charge in [0.2, 0.25) is 0 Å². The van der Waals surface area contributed by atoms with Crippen molar-refractivity contribution in [3.05, 3.63) is 103 Å². The van der Waals surface area contributed by atoms with Gasteiger partial charge in [-0.1, -0.05) is 6.07 Å². The normalized spacial score (nSPS) is 8.71. The lowest BCUT2D eigenvalue weighted by atomic mass is 10.3. The van der Waals surface area contributed by atoms with Crippen LogP contribution in [0.25, 0.3) is 0 Å². The number of pyridine rings is 1. The molecule has 0 saturated heterocycles. The monoisotopic (exact) mass is 375 g/mol. The van der Waals surface area contributed by atoms with Gasteiger partial charge in [0, 0.05) is 49.6 Å². The molecule has 0 aliphatic carbocycles. The molecule has 4 rings (SSSR count). The van der Waals surface area contributed by atoms with Crippen LogP contribution < -0.4 is 0 Å². The Morgan fingerprint density at radius 1 is 0.571 bits per heavy atom. The lowest BCUT2D eigenvalue weighted by Gasteiger charge is -1.82. The molecule has 0 aliphatic heterocycles. The van der Waals surface area contributed by atoms with Gasteiger partial charge < -0.3 is 0 Å². The van der Waals surface area contributed by atoms with Crippen LogP contribution in [-0.4, -0.2) is 35.1 Å². The smallest absolute Gasteiger partial charge is 0.115 e. The summed E-state index contributed by atoms with van der Waals surface area (Å²) in [4.78, 5) is 19.2. The SMILES string of the molecule is Cc1cccnc1.Cc1cccnn1.Cc1cnccn1.Cc1cncnc1. The highest BCUT2D eigenvalue weighted by molar-refractivity contribution is 5.04. The quantitative estimate of drug-likeness (QED) is 0.462. The molecule has 4 aromatic rings. The lowest BCUT2D eigenvalue weighted by Crippen LogP contribution is -1.79. The first kappa shape index (κ1) is 22.4. The fourth-order valence-electron chi connectivity index (χ4n) is 1.57. The molecule has 144 valence electrons. The third-order valence-electron chi connectivity index (χ3n) is 2.90. The number of rotatable bonds is 0. The molecule has 0 aliphatic rings. The van der Waals surface area contributed by atoms with Crippen LogP contribution in [0.5, 0.6) is 0 Å². The Balaban J connectivity index is 0.000000187.